The third-order valence-corrected chi connectivity index (χ3v) is 8.47. The lowest BCUT2D eigenvalue weighted by Gasteiger charge is -2.27. The Morgan fingerprint density at radius 1 is 1.07 bits per heavy atom. The average molecular weight is 668 g/mol. The second-order valence-electron chi connectivity index (χ2n) is 10.1. The monoisotopic (exact) mass is 666 g/mol. The standard InChI is InChI=1S/C32H29BrClFN4O4/c1-18(36-2)30(40)37-26-17-39(31(41)19-7-10-21(35)11-8-19)28-15-20(34)9-13-27(28)38(32(26)42)16-24-22-5-4-6-25(33)23(22)12-14-29(24)43-3/h4-15,18,26,36H,16-17H2,1-3H3,(H,37,40)/t18-,26-/m0/s1. The second kappa shape index (κ2) is 12.7. The van der Waals surface area contributed by atoms with E-state index in [4.69, 9.17) is 16.3 Å². The molecule has 4 aromatic carbocycles. The van der Waals surface area contributed by atoms with Crippen LogP contribution in [0.5, 0.6) is 5.75 Å². The Hall–Kier alpha value is -3.99. The van der Waals surface area contributed by atoms with Crippen LogP contribution in [0.1, 0.15) is 22.8 Å². The summed E-state index contributed by atoms with van der Waals surface area (Å²) in [5.41, 5.74) is 1.73. The van der Waals surface area contributed by atoms with Crippen molar-refractivity contribution >= 4 is 67.4 Å². The van der Waals surface area contributed by atoms with E-state index in [0.717, 1.165) is 20.8 Å². The number of fused-ring (bicyclic) bond motifs is 2. The van der Waals surface area contributed by atoms with Gasteiger partial charge >= 0.3 is 0 Å². The normalized spacial score (nSPS) is 15.6. The number of carbonyl (C=O) groups is 3. The van der Waals surface area contributed by atoms with Crippen LogP contribution in [-0.4, -0.2) is 50.5 Å². The lowest BCUT2D eigenvalue weighted by atomic mass is 10.0. The fraction of sp³-hybridized carbons (Fsp3) is 0.219. The highest BCUT2D eigenvalue weighted by Crippen LogP contribution is 2.40. The predicted octanol–water partition coefficient (Wildman–Crippen LogP) is 5.69. The Bertz CT molecular complexity index is 1720. The van der Waals surface area contributed by atoms with E-state index in [-0.39, 0.29) is 18.7 Å². The van der Waals surface area contributed by atoms with Gasteiger partial charge in [0.15, 0.2) is 0 Å². The van der Waals surface area contributed by atoms with Crippen molar-refractivity contribution in [3.05, 3.63) is 99.2 Å². The summed E-state index contributed by atoms with van der Waals surface area (Å²) >= 11 is 10.1. The van der Waals surface area contributed by atoms with Gasteiger partial charge in [-0.1, -0.05) is 39.7 Å². The van der Waals surface area contributed by atoms with E-state index in [0.29, 0.717) is 22.1 Å². The van der Waals surface area contributed by atoms with Crippen LogP contribution in [0, 0.1) is 5.82 Å². The third kappa shape index (κ3) is 6.08. The fourth-order valence-corrected chi connectivity index (χ4v) is 5.78. The molecule has 222 valence electrons. The van der Waals surface area contributed by atoms with Gasteiger partial charge in [0.2, 0.25) is 5.91 Å². The van der Waals surface area contributed by atoms with Gasteiger partial charge in [0.05, 0.1) is 37.6 Å². The maximum absolute atomic E-state index is 14.4. The van der Waals surface area contributed by atoms with Gasteiger partial charge in [0, 0.05) is 20.6 Å². The number of likely N-dealkylation sites (N-methyl/N-ethyl adjacent to an activating group) is 1. The molecule has 0 aliphatic carbocycles. The zero-order chi connectivity index (χ0) is 30.8. The summed E-state index contributed by atoms with van der Waals surface area (Å²) in [4.78, 5) is 44.3. The summed E-state index contributed by atoms with van der Waals surface area (Å²) in [6, 6.07) is 17.9. The van der Waals surface area contributed by atoms with Gasteiger partial charge in [-0.25, -0.2) is 4.39 Å². The molecule has 0 spiro atoms. The maximum atomic E-state index is 14.4. The lowest BCUT2D eigenvalue weighted by molar-refractivity contribution is -0.128. The van der Waals surface area contributed by atoms with E-state index < -0.39 is 35.6 Å². The number of halogens is 3. The zero-order valence-corrected chi connectivity index (χ0v) is 26.0. The minimum atomic E-state index is -1.12. The molecule has 0 bridgehead atoms. The van der Waals surface area contributed by atoms with E-state index in [9.17, 15) is 18.8 Å². The van der Waals surface area contributed by atoms with Gasteiger partial charge in [0.25, 0.3) is 11.8 Å². The third-order valence-electron chi connectivity index (χ3n) is 7.54. The smallest absolute Gasteiger partial charge is 0.258 e. The molecular formula is C32H29BrClFN4O4. The molecule has 8 nitrogen and oxygen atoms in total. The molecule has 1 aliphatic rings. The number of methoxy groups -OCH3 is 1. The van der Waals surface area contributed by atoms with Crippen LogP contribution in [0.25, 0.3) is 10.8 Å². The largest absolute Gasteiger partial charge is 0.496 e. The lowest BCUT2D eigenvalue weighted by Crippen LogP contribution is -2.55. The molecule has 4 aromatic rings. The maximum Gasteiger partial charge on any atom is 0.258 e. The quantitative estimate of drug-likeness (QED) is 0.265. The number of nitrogens with zero attached hydrogens (tertiary/aromatic N) is 2. The van der Waals surface area contributed by atoms with Crippen molar-refractivity contribution < 1.29 is 23.5 Å². The first kappa shape index (κ1) is 30.5. The number of ether oxygens (including phenoxy) is 1. The molecule has 1 heterocycles. The van der Waals surface area contributed by atoms with E-state index >= 15 is 0 Å². The van der Waals surface area contributed by atoms with E-state index in [1.807, 2.05) is 30.3 Å². The first-order valence-electron chi connectivity index (χ1n) is 13.5. The van der Waals surface area contributed by atoms with Crippen LogP contribution >= 0.6 is 27.5 Å². The molecule has 0 radical (unpaired) electrons. The van der Waals surface area contributed by atoms with Gasteiger partial charge in [-0.05, 0) is 85.4 Å². The highest BCUT2D eigenvalue weighted by molar-refractivity contribution is 9.10. The first-order chi connectivity index (χ1) is 20.6. The summed E-state index contributed by atoms with van der Waals surface area (Å²) in [7, 11) is 3.20. The Balaban J connectivity index is 1.69. The molecule has 0 unspecified atom stereocenters. The fourth-order valence-electron chi connectivity index (χ4n) is 5.12. The Morgan fingerprint density at radius 2 is 1.81 bits per heavy atom. The number of benzene rings is 4. The molecule has 3 amide bonds. The molecular weight excluding hydrogens is 639 g/mol. The highest BCUT2D eigenvalue weighted by atomic mass is 79.9. The van der Waals surface area contributed by atoms with E-state index in [1.54, 1.807) is 39.3 Å². The number of nitrogens with one attached hydrogen (secondary N) is 2. The Morgan fingerprint density at radius 3 is 2.51 bits per heavy atom. The van der Waals surface area contributed by atoms with Crippen LogP contribution in [0.4, 0.5) is 15.8 Å². The minimum absolute atomic E-state index is 0.0664. The number of rotatable bonds is 7. The van der Waals surface area contributed by atoms with Crippen molar-refractivity contribution in [3.63, 3.8) is 0 Å². The van der Waals surface area contributed by atoms with Crippen molar-refractivity contribution in [3.8, 4) is 5.75 Å². The summed E-state index contributed by atoms with van der Waals surface area (Å²) in [5, 5.41) is 7.84. The van der Waals surface area contributed by atoms with Crippen LogP contribution in [0.2, 0.25) is 5.02 Å². The van der Waals surface area contributed by atoms with Gasteiger partial charge in [-0.15, -0.1) is 0 Å². The SMILES string of the molecule is CN[C@@H](C)C(=O)N[C@H]1CN(C(=O)c2ccc(F)cc2)c2cc(Cl)ccc2N(Cc2c(OC)ccc3c(Br)cccc23)C1=O. The van der Waals surface area contributed by atoms with Crippen molar-refractivity contribution in [2.24, 2.45) is 0 Å². The highest BCUT2D eigenvalue weighted by Gasteiger charge is 2.38. The van der Waals surface area contributed by atoms with Crippen molar-refractivity contribution in [1.29, 1.82) is 0 Å². The molecule has 2 atom stereocenters. The molecule has 1 aliphatic heterocycles. The average Bonchev–Trinajstić information content (AvgIpc) is 3.11. The van der Waals surface area contributed by atoms with E-state index in [1.165, 1.54) is 34.1 Å². The molecule has 11 heteroatoms. The second-order valence-corrected chi connectivity index (χ2v) is 11.4. The van der Waals surface area contributed by atoms with Crippen LogP contribution in [-0.2, 0) is 16.1 Å². The number of hydrogen-bond acceptors (Lipinski definition) is 5. The molecule has 0 aromatic heterocycles. The summed E-state index contributed by atoms with van der Waals surface area (Å²) in [6.45, 7) is 1.55. The van der Waals surface area contributed by atoms with Crippen LogP contribution in [0.3, 0.4) is 0 Å². The number of anilines is 2. The molecule has 2 N–H and O–H groups in total. The molecule has 0 fully saturated rings. The summed E-state index contributed by atoms with van der Waals surface area (Å²) in [6.07, 6.45) is 0. The van der Waals surface area contributed by atoms with Crippen LogP contribution in [0.15, 0.2) is 77.3 Å². The van der Waals surface area contributed by atoms with Gasteiger partial charge in [-0.2, -0.15) is 0 Å². The van der Waals surface area contributed by atoms with Gasteiger partial charge in [0.1, 0.15) is 17.6 Å². The van der Waals surface area contributed by atoms with Crippen molar-refractivity contribution in [1.82, 2.24) is 10.6 Å². The van der Waals surface area contributed by atoms with Crippen molar-refractivity contribution in [2.45, 2.75) is 25.6 Å². The predicted molar refractivity (Wildman–Crippen MR) is 169 cm³/mol. The zero-order valence-electron chi connectivity index (χ0n) is 23.7. The number of amides is 3. The molecule has 5 rings (SSSR count). The topological polar surface area (TPSA) is 91.0 Å². The molecule has 43 heavy (non-hydrogen) atoms. The van der Waals surface area contributed by atoms with Gasteiger partial charge in [-0.3, -0.25) is 14.4 Å². The number of hydrogen-bond donors (Lipinski definition) is 2. The number of carbonyl (C=O) groups excluding carboxylic acids is 3. The van der Waals surface area contributed by atoms with E-state index in [2.05, 4.69) is 26.6 Å². The van der Waals surface area contributed by atoms with Gasteiger partial charge < -0.3 is 25.2 Å². The van der Waals surface area contributed by atoms with Crippen molar-refractivity contribution in [2.75, 3.05) is 30.5 Å². The summed E-state index contributed by atoms with van der Waals surface area (Å²) < 4.78 is 20.3. The molecule has 0 saturated heterocycles. The Kier molecular flexibility index (Phi) is 9.00. The minimum Gasteiger partial charge on any atom is -0.496 e. The first-order valence-corrected chi connectivity index (χ1v) is 14.7. The Labute approximate surface area is 261 Å². The summed E-state index contributed by atoms with van der Waals surface area (Å²) in [5.74, 6) is -1.24. The molecule has 0 saturated carbocycles. The van der Waals surface area contributed by atoms with Crippen LogP contribution < -0.4 is 25.2 Å².